The average molecular weight is 221 g/mol. The quantitative estimate of drug-likeness (QED) is 0.777. The van der Waals surface area contributed by atoms with Crippen molar-refractivity contribution in [3.8, 4) is 0 Å². The molecule has 1 aromatic carbocycles. The minimum absolute atomic E-state index is 0.291. The molecule has 0 bridgehead atoms. The number of hydrogen-bond donors (Lipinski definition) is 1. The Balaban J connectivity index is 2.75. The molecule has 84 valence electrons. The number of halogens is 4. The Kier molecular flexibility index (Phi) is 3.68. The normalized spacial score (nSPS) is 14.3. The zero-order valence-electron chi connectivity index (χ0n) is 7.84. The van der Waals surface area contributed by atoms with Crippen LogP contribution < -0.4 is 5.73 Å². The van der Waals surface area contributed by atoms with Crippen LogP contribution in [0.3, 0.4) is 0 Å². The van der Waals surface area contributed by atoms with Crippen molar-refractivity contribution in [2.45, 2.75) is 24.8 Å². The van der Waals surface area contributed by atoms with E-state index in [1.165, 1.54) is 24.3 Å². The lowest BCUT2D eigenvalue weighted by Crippen LogP contribution is -2.34. The first-order chi connectivity index (χ1) is 6.93. The highest BCUT2D eigenvalue weighted by Crippen LogP contribution is 2.33. The van der Waals surface area contributed by atoms with E-state index in [9.17, 15) is 17.6 Å². The Labute approximate surface area is 84.9 Å². The second-order valence-electron chi connectivity index (χ2n) is 3.27. The molecule has 0 saturated heterocycles. The fourth-order valence-electron chi connectivity index (χ4n) is 1.18. The molecule has 0 amide bonds. The van der Waals surface area contributed by atoms with E-state index in [4.69, 9.17) is 5.73 Å². The number of benzene rings is 1. The third-order valence-corrected chi connectivity index (χ3v) is 2.01. The fraction of sp³-hybridized carbons (Fsp3) is 0.400. The molecule has 0 radical (unpaired) electrons. The highest BCUT2D eigenvalue weighted by atomic mass is 19.3. The Morgan fingerprint density at radius 3 is 2.13 bits per heavy atom. The largest absolute Gasteiger partial charge is 0.323 e. The molecule has 1 unspecified atom stereocenters. The molecule has 5 heteroatoms. The van der Waals surface area contributed by atoms with Gasteiger partial charge in [-0.1, -0.05) is 30.3 Å². The molecule has 0 heterocycles. The van der Waals surface area contributed by atoms with Crippen LogP contribution in [-0.2, 0) is 5.92 Å². The molecule has 0 aliphatic heterocycles. The van der Waals surface area contributed by atoms with E-state index in [-0.39, 0.29) is 5.56 Å². The number of rotatable bonds is 4. The molecule has 1 atom stereocenters. The first-order valence-electron chi connectivity index (χ1n) is 4.40. The smallest absolute Gasteiger partial charge is 0.274 e. The van der Waals surface area contributed by atoms with Crippen LogP contribution in [0.2, 0.25) is 0 Å². The van der Waals surface area contributed by atoms with Crippen molar-refractivity contribution in [2.24, 2.45) is 5.73 Å². The van der Waals surface area contributed by atoms with E-state index in [1.807, 2.05) is 0 Å². The van der Waals surface area contributed by atoms with E-state index < -0.39 is 24.8 Å². The molecule has 0 aliphatic rings. The van der Waals surface area contributed by atoms with Crippen molar-refractivity contribution >= 4 is 0 Å². The van der Waals surface area contributed by atoms with Crippen molar-refractivity contribution in [1.82, 2.24) is 0 Å². The zero-order chi connectivity index (χ0) is 11.5. The van der Waals surface area contributed by atoms with Crippen molar-refractivity contribution in [1.29, 1.82) is 0 Å². The summed E-state index contributed by atoms with van der Waals surface area (Å²) >= 11 is 0. The lowest BCUT2D eigenvalue weighted by Gasteiger charge is -2.20. The van der Waals surface area contributed by atoms with Gasteiger partial charge in [-0.25, -0.2) is 17.6 Å². The summed E-state index contributed by atoms with van der Waals surface area (Å²) in [5, 5.41) is 0. The van der Waals surface area contributed by atoms with Crippen LogP contribution in [0.1, 0.15) is 12.0 Å². The Morgan fingerprint density at radius 1 is 1.13 bits per heavy atom. The lowest BCUT2D eigenvalue weighted by molar-refractivity contribution is -0.0383. The first kappa shape index (κ1) is 12.0. The number of alkyl halides is 4. The molecular weight excluding hydrogens is 210 g/mol. The van der Waals surface area contributed by atoms with Gasteiger partial charge in [0.2, 0.25) is 0 Å². The van der Waals surface area contributed by atoms with E-state index in [0.29, 0.717) is 0 Å². The summed E-state index contributed by atoms with van der Waals surface area (Å²) in [4.78, 5) is 0. The van der Waals surface area contributed by atoms with Crippen LogP contribution >= 0.6 is 0 Å². The second-order valence-corrected chi connectivity index (χ2v) is 3.27. The van der Waals surface area contributed by atoms with Gasteiger partial charge in [0.15, 0.2) is 0 Å². The molecule has 0 spiro atoms. The van der Waals surface area contributed by atoms with E-state index in [1.54, 1.807) is 6.07 Å². The molecule has 0 aliphatic carbocycles. The zero-order valence-corrected chi connectivity index (χ0v) is 7.84. The minimum Gasteiger partial charge on any atom is -0.323 e. The van der Waals surface area contributed by atoms with Gasteiger partial charge >= 0.3 is 0 Å². The highest BCUT2D eigenvalue weighted by Gasteiger charge is 2.36. The van der Waals surface area contributed by atoms with Gasteiger partial charge in [0.1, 0.15) is 0 Å². The topological polar surface area (TPSA) is 26.0 Å². The van der Waals surface area contributed by atoms with Gasteiger partial charge < -0.3 is 5.73 Å². The fourth-order valence-corrected chi connectivity index (χ4v) is 1.18. The maximum atomic E-state index is 13.4. The summed E-state index contributed by atoms with van der Waals surface area (Å²) in [5.74, 6) is -3.31. The Hall–Kier alpha value is -1.10. The summed E-state index contributed by atoms with van der Waals surface area (Å²) < 4.78 is 50.7. The molecule has 1 rings (SSSR count). The summed E-state index contributed by atoms with van der Waals surface area (Å²) in [5.41, 5.74) is 4.62. The molecule has 0 saturated carbocycles. The highest BCUT2D eigenvalue weighted by molar-refractivity contribution is 5.20. The maximum Gasteiger partial charge on any atom is 0.274 e. The first-order valence-corrected chi connectivity index (χ1v) is 4.40. The second kappa shape index (κ2) is 4.61. The van der Waals surface area contributed by atoms with Crippen LogP contribution in [0, 0.1) is 0 Å². The summed E-state index contributed by atoms with van der Waals surface area (Å²) in [6.45, 7) is 0. The number of nitrogens with two attached hydrogens (primary N) is 1. The van der Waals surface area contributed by atoms with Gasteiger partial charge in [-0.05, 0) is 0 Å². The van der Waals surface area contributed by atoms with Crippen LogP contribution in [0.15, 0.2) is 30.3 Å². The predicted octanol–water partition coefficient (Wildman–Crippen LogP) is 2.76. The summed E-state index contributed by atoms with van der Waals surface area (Å²) in [7, 11) is 0. The molecule has 15 heavy (non-hydrogen) atoms. The van der Waals surface area contributed by atoms with Crippen LogP contribution in [-0.4, -0.2) is 12.5 Å². The molecule has 0 aromatic heterocycles. The third kappa shape index (κ3) is 3.20. The van der Waals surface area contributed by atoms with Gasteiger partial charge in [0.25, 0.3) is 12.3 Å². The van der Waals surface area contributed by atoms with Gasteiger partial charge in [-0.15, -0.1) is 0 Å². The van der Waals surface area contributed by atoms with Crippen LogP contribution in [0.5, 0.6) is 0 Å². The predicted molar refractivity (Wildman–Crippen MR) is 48.9 cm³/mol. The SMILES string of the molecule is NC(CC(F)(F)c1ccccc1)C(F)F. The minimum atomic E-state index is -3.31. The molecule has 2 N–H and O–H groups in total. The molecule has 1 nitrogen and oxygen atoms in total. The Morgan fingerprint density at radius 2 is 1.67 bits per heavy atom. The number of hydrogen-bond acceptors (Lipinski definition) is 1. The standard InChI is InChI=1S/C10H11F4N/c11-9(12)8(15)6-10(13,14)7-4-2-1-3-5-7/h1-5,8-9H,6,15H2. The monoisotopic (exact) mass is 221 g/mol. The third-order valence-electron chi connectivity index (χ3n) is 2.01. The van der Waals surface area contributed by atoms with Crippen molar-refractivity contribution < 1.29 is 17.6 Å². The summed E-state index contributed by atoms with van der Waals surface area (Å²) in [6.07, 6.45) is -3.98. The average Bonchev–Trinajstić information content (AvgIpc) is 2.18. The van der Waals surface area contributed by atoms with Gasteiger partial charge in [-0.3, -0.25) is 0 Å². The van der Waals surface area contributed by atoms with Gasteiger partial charge in [0, 0.05) is 12.0 Å². The van der Waals surface area contributed by atoms with E-state index in [2.05, 4.69) is 0 Å². The molecular formula is C10H11F4N. The lowest BCUT2D eigenvalue weighted by atomic mass is 10.0. The van der Waals surface area contributed by atoms with Crippen molar-refractivity contribution in [3.63, 3.8) is 0 Å². The summed E-state index contributed by atoms with van der Waals surface area (Å²) in [6, 6.07) is 5.01. The maximum absolute atomic E-state index is 13.4. The molecule has 0 fully saturated rings. The van der Waals surface area contributed by atoms with Crippen molar-refractivity contribution in [3.05, 3.63) is 35.9 Å². The van der Waals surface area contributed by atoms with Gasteiger partial charge in [0.05, 0.1) is 6.04 Å². The van der Waals surface area contributed by atoms with Crippen LogP contribution in [0.4, 0.5) is 17.6 Å². The van der Waals surface area contributed by atoms with E-state index in [0.717, 1.165) is 0 Å². The van der Waals surface area contributed by atoms with Crippen LogP contribution in [0.25, 0.3) is 0 Å². The van der Waals surface area contributed by atoms with Gasteiger partial charge in [-0.2, -0.15) is 0 Å². The molecule has 1 aromatic rings. The van der Waals surface area contributed by atoms with Crippen molar-refractivity contribution in [2.75, 3.05) is 0 Å². The Bertz CT molecular complexity index is 300. The van der Waals surface area contributed by atoms with E-state index >= 15 is 0 Å².